The lowest BCUT2D eigenvalue weighted by Gasteiger charge is -2.32. The molecule has 3 rings (SSSR count). The molecule has 1 aliphatic heterocycles. The number of anilines is 1. The molecule has 1 aliphatic rings. The number of imide groups is 1. The molecule has 24 heavy (non-hydrogen) atoms. The smallest absolute Gasteiger partial charge is 0.258 e. The molecule has 1 saturated heterocycles. The van der Waals surface area contributed by atoms with Crippen LogP contribution < -0.4 is 4.90 Å². The Bertz CT molecular complexity index is 789. The predicted molar refractivity (Wildman–Crippen MR) is 99.5 cm³/mol. The zero-order valence-electron chi connectivity index (χ0n) is 13.5. The van der Waals surface area contributed by atoms with Crippen LogP contribution >= 0.6 is 24.6 Å². The molecule has 0 N–H and O–H groups in total. The van der Waals surface area contributed by atoms with Crippen LogP contribution in [0.4, 0.5) is 5.69 Å². The first-order chi connectivity index (χ1) is 11.5. The number of benzene rings is 2. The molecule has 0 atom stereocenters. The van der Waals surface area contributed by atoms with Gasteiger partial charge in [0.05, 0.1) is 18.8 Å². The summed E-state index contributed by atoms with van der Waals surface area (Å²) in [5, 5.41) is 0. The molecular formula is C18H18N2O2S2. The first-order valence-corrected chi connectivity index (χ1v) is 8.81. The first kappa shape index (κ1) is 16.9. The SMILES string of the molecule is Cc1ccc(Sc2ccccc2N2CC(=O)N(S)C(=O)C2)c(C)c1. The third-order valence-corrected chi connectivity index (χ3v) is 5.57. The van der Waals surface area contributed by atoms with Crippen LogP contribution in [0.15, 0.2) is 52.3 Å². The van der Waals surface area contributed by atoms with Crippen molar-refractivity contribution in [3.63, 3.8) is 0 Å². The average molecular weight is 358 g/mol. The molecule has 0 saturated carbocycles. The molecule has 0 aliphatic carbocycles. The number of aryl methyl sites for hydroxylation is 2. The number of carbonyl (C=O) groups is 2. The second-order valence-corrected chi connectivity index (χ2v) is 7.28. The lowest BCUT2D eigenvalue weighted by Crippen LogP contribution is -2.50. The minimum Gasteiger partial charge on any atom is -0.352 e. The molecule has 2 aromatic carbocycles. The second-order valence-electron chi connectivity index (χ2n) is 5.79. The molecule has 0 aromatic heterocycles. The zero-order chi connectivity index (χ0) is 17.3. The highest BCUT2D eigenvalue weighted by Crippen LogP contribution is 2.37. The molecular weight excluding hydrogens is 340 g/mol. The summed E-state index contributed by atoms with van der Waals surface area (Å²) in [6.07, 6.45) is 0. The molecule has 6 heteroatoms. The number of carbonyl (C=O) groups excluding carboxylic acids is 2. The van der Waals surface area contributed by atoms with E-state index in [1.807, 2.05) is 29.2 Å². The van der Waals surface area contributed by atoms with Crippen molar-refractivity contribution < 1.29 is 9.59 Å². The van der Waals surface area contributed by atoms with E-state index < -0.39 is 0 Å². The van der Waals surface area contributed by atoms with Crippen molar-refractivity contribution in [2.45, 2.75) is 23.6 Å². The van der Waals surface area contributed by atoms with Gasteiger partial charge in [-0.2, -0.15) is 0 Å². The fourth-order valence-corrected chi connectivity index (χ4v) is 3.83. The monoisotopic (exact) mass is 358 g/mol. The fraction of sp³-hybridized carbons (Fsp3) is 0.222. The highest BCUT2D eigenvalue weighted by molar-refractivity contribution is 7.99. The summed E-state index contributed by atoms with van der Waals surface area (Å²) >= 11 is 5.59. The first-order valence-electron chi connectivity index (χ1n) is 7.59. The number of amides is 2. The van der Waals surface area contributed by atoms with Gasteiger partial charge in [0.2, 0.25) is 0 Å². The highest BCUT2D eigenvalue weighted by Gasteiger charge is 2.30. The Hall–Kier alpha value is -1.92. The van der Waals surface area contributed by atoms with Gasteiger partial charge < -0.3 is 4.90 Å². The summed E-state index contributed by atoms with van der Waals surface area (Å²) < 4.78 is 0.899. The molecule has 4 nitrogen and oxygen atoms in total. The Morgan fingerprint density at radius 2 is 1.62 bits per heavy atom. The topological polar surface area (TPSA) is 40.6 Å². The van der Waals surface area contributed by atoms with Crippen LogP contribution in [0.5, 0.6) is 0 Å². The molecule has 2 amide bonds. The van der Waals surface area contributed by atoms with Crippen LogP contribution in [0, 0.1) is 13.8 Å². The molecule has 0 spiro atoms. The maximum atomic E-state index is 11.9. The average Bonchev–Trinajstić information content (AvgIpc) is 2.55. The van der Waals surface area contributed by atoms with E-state index in [4.69, 9.17) is 0 Å². The minimum absolute atomic E-state index is 0.152. The van der Waals surface area contributed by atoms with Gasteiger partial charge in [-0.05, 0) is 37.6 Å². The van der Waals surface area contributed by atoms with Crippen LogP contribution in [0.25, 0.3) is 0 Å². The number of piperazine rings is 1. The second kappa shape index (κ2) is 6.91. The van der Waals surface area contributed by atoms with E-state index in [-0.39, 0.29) is 24.9 Å². The van der Waals surface area contributed by atoms with Crippen molar-refractivity contribution in [1.29, 1.82) is 0 Å². The third-order valence-electron chi connectivity index (χ3n) is 3.88. The summed E-state index contributed by atoms with van der Waals surface area (Å²) in [6.45, 7) is 4.47. The van der Waals surface area contributed by atoms with Crippen molar-refractivity contribution in [1.82, 2.24) is 4.31 Å². The minimum atomic E-state index is -0.305. The van der Waals surface area contributed by atoms with Gasteiger partial charge in [-0.1, -0.05) is 54.4 Å². The lowest BCUT2D eigenvalue weighted by atomic mass is 10.2. The number of para-hydroxylation sites is 1. The van der Waals surface area contributed by atoms with Crippen LogP contribution in [0.1, 0.15) is 11.1 Å². The van der Waals surface area contributed by atoms with Crippen molar-refractivity contribution >= 4 is 42.1 Å². The Labute approximate surface area is 151 Å². The summed E-state index contributed by atoms with van der Waals surface area (Å²) in [7, 11) is 0. The van der Waals surface area contributed by atoms with E-state index in [9.17, 15) is 9.59 Å². The Balaban J connectivity index is 1.91. The molecule has 1 heterocycles. The number of rotatable bonds is 3. The predicted octanol–water partition coefficient (Wildman–Crippen LogP) is 3.47. The van der Waals surface area contributed by atoms with Gasteiger partial charge >= 0.3 is 0 Å². The van der Waals surface area contributed by atoms with Crippen LogP contribution in [-0.2, 0) is 9.59 Å². The van der Waals surface area contributed by atoms with Crippen LogP contribution in [0.3, 0.4) is 0 Å². The van der Waals surface area contributed by atoms with Crippen LogP contribution in [0.2, 0.25) is 0 Å². The van der Waals surface area contributed by atoms with Gasteiger partial charge in [-0.3, -0.25) is 9.59 Å². The Morgan fingerprint density at radius 1 is 0.958 bits per heavy atom. The molecule has 1 fully saturated rings. The van der Waals surface area contributed by atoms with E-state index >= 15 is 0 Å². The van der Waals surface area contributed by atoms with Crippen molar-refractivity contribution in [3.05, 3.63) is 53.6 Å². The largest absolute Gasteiger partial charge is 0.352 e. The Kier molecular flexibility index (Phi) is 4.87. The molecule has 0 unspecified atom stereocenters. The summed E-state index contributed by atoms with van der Waals surface area (Å²) in [5.74, 6) is -0.609. The van der Waals surface area contributed by atoms with Crippen LogP contribution in [-0.4, -0.2) is 29.2 Å². The number of thiol groups is 1. The summed E-state index contributed by atoms with van der Waals surface area (Å²) in [6, 6.07) is 14.2. The normalized spacial score (nSPS) is 15.1. The molecule has 2 aromatic rings. The van der Waals surface area contributed by atoms with E-state index in [1.165, 1.54) is 16.0 Å². The number of nitrogens with zero attached hydrogens (tertiary/aromatic N) is 2. The molecule has 124 valence electrons. The van der Waals surface area contributed by atoms with Crippen molar-refractivity contribution in [3.8, 4) is 0 Å². The summed E-state index contributed by atoms with van der Waals surface area (Å²) in [5.41, 5.74) is 3.33. The van der Waals surface area contributed by atoms with Gasteiger partial charge in [0, 0.05) is 9.79 Å². The van der Waals surface area contributed by atoms with Gasteiger partial charge in [0.25, 0.3) is 11.8 Å². The van der Waals surface area contributed by atoms with Crippen molar-refractivity contribution in [2.75, 3.05) is 18.0 Å². The van der Waals surface area contributed by atoms with Gasteiger partial charge in [0.15, 0.2) is 0 Å². The Morgan fingerprint density at radius 3 is 2.29 bits per heavy atom. The lowest BCUT2D eigenvalue weighted by molar-refractivity contribution is -0.138. The van der Waals surface area contributed by atoms with Gasteiger partial charge in [0.1, 0.15) is 0 Å². The third kappa shape index (κ3) is 3.44. The maximum Gasteiger partial charge on any atom is 0.258 e. The standard InChI is InChI=1S/C18H18N2O2S2/c1-12-7-8-15(13(2)9-12)24-16-6-4-3-5-14(16)19-10-17(21)20(23)18(22)11-19/h3-9,23H,10-11H2,1-2H3. The number of hydrogen-bond donors (Lipinski definition) is 1. The van der Waals surface area contributed by atoms with E-state index in [2.05, 4.69) is 44.9 Å². The zero-order valence-corrected chi connectivity index (χ0v) is 15.2. The number of hydrogen-bond acceptors (Lipinski definition) is 5. The summed E-state index contributed by atoms with van der Waals surface area (Å²) in [4.78, 5) is 27.9. The molecule has 0 bridgehead atoms. The van der Waals surface area contributed by atoms with E-state index in [1.54, 1.807) is 11.8 Å². The highest BCUT2D eigenvalue weighted by atomic mass is 32.2. The quantitative estimate of drug-likeness (QED) is 0.674. The fourth-order valence-electron chi connectivity index (χ4n) is 2.66. The molecule has 0 radical (unpaired) electrons. The van der Waals surface area contributed by atoms with E-state index in [0.717, 1.165) is 14.9 Å². The van der Waals surface area contributed by atoms with Gasteiger partial charge in [-0.25, -0.2) is 4.31 Å². The van der Waals surface area contributed by atoms with E-state index in [0.29, 0.717) is 0 Å². The van der Waals surface area contributed by atoms with Gasteiger partial charge in [-0.15, -0.1) is 0 Å². The maximum absolute atomic E-state index is 11.9. The van der Waals surface area contributed by atoms with Crippen molar-refractivity contribution in [2.24, 2.45) is 0 Å².